The molecule has 0 aliphatic rings. The van der Waals surface area contributed by atoms with Crippen molar-refractivity contribution in [2.75, 3.05) is 5.75 Å². The summed E-state index contributed by atoms with van der Waals surface area (Å²) < 4.78 is 24.9. The Bertz CT molecular complexity index is 520. The van der Waals surface area contributed by atoms with E-state index in [9.17, 15) is 8.42 Å². The van der Waals surface area contributed by atoms with Crippen molar-refractivity contribution >= 4 is 25.8 Å². The zero-order valence-corrected chi connectivity index (χ0v) is 12.0. The van der Waals surface area contributed by atoms with E-state index in [1.807, 2.05) is 24.3 Å². The number of nitriles is 1. The molecule has 5 heteroatoms. The molecule has 1 rings (SSSR count). The third-order valence-corrected chi connectivity index (χ3v) is 5.27. The van der Waals surface area contributed by atoms with Crippen molar-refractivity contribution in [1.29, 1.82) is 5.26 Å². The lowest BCUT2D eigenvalue weighted by atomic mass is 10.2. The van der Waals surface area contributed by atoms with Crippen molar-refractivity contribution in [2.24, 2.45) is 0 Å². The van der Waals surface area contributed by atoms with Gasteiger partial charge in [0, 0.05) is 10.9 Å². The molecule has 0 unspecified atom stereocenters. The third-order valence-electron chi connectivity index (χ3n) is 2.57. The monoisotopic (exact) mass is 315 g/mol. The lowest BCUT2D eigenvalue weighted by molar-refractivity contribution is 0.584. The van der Waals surface area contributed by atoms with Crippen molar-refractivity contribution in [1.82, 2.24) is 0 Å². The van der Waals surface area contributed by atoms with Gasteiger partial charge >= 0.3 is 0 Å². The van der Waals surface area contributed by atoms with Crippen LogP contribution in [0, 0.1) is 11.3 Å². The molecule has 0 aliphatic carbocycles. The van der Waals surface area contributed by atoms with Crippen LogP contribution in [0.4, 0.5) is 0 Å². The fraction of sp³-hybridized carbons (Fsp3) is 0.417. The minimum Gasteiger partial charge on any atom is -0.228 e. The van der Waals surface area contributed by atoms with E-state index in [1.165, 1.54) is 0 Å². The summed E-state index contributed by atoms with van der Waals surface area (Å²) in [5.74, 6) is 0.0637. The highest BCUT2D eigenvalue weighted by Crippen LogP contribution is 2.25. The molecule has 0 aromatic heterocycles. The Kier molecular flexibility index (Phi) is 5.16. The van der Waals surface area contributed by atoms with Crippen LogP contribution in [0.3, 0.4) is 0 Å². The Balaban J connectivity index is 2.82. The summed E-state index contributed by atoms with van der Waals surface area (Å²) in [5.41, 5.74) is 0.774. The van der Waals surface area contributed by atoms with Gasteiger partial charge in [0.05, 0.1) is 17.1 Å². The summed E-state index contributed by atoms with van der Waals surface area (Å²) >= 11 is 3.32. The van der Waals surface area contributed by atoms with Gasteiger partial charge in [-0.15, -0.1) is 0 Å². The minimum atomic E-state index is -3.17. The zero-order valence-electron chi connectivity index (χ0n) is 9.56. The Morgan fingerprint density at radius 3 is 2.76 bits per heavy atom. The summed E-state index contributed by atoms with van der Waals surface area (Å²) in [5, 5.41) is 7.88. The minimum absolute atomic E-state index is 0.0637. The summed E-state index contributed by atoms with van der Waals surface area (Å²) in [7, 11) is -3.17. The number of rotatable bonds is 5. The zero-order chi connectivity index (χ0) is 12.9. The molecule has 3 nitrogen and oxygen atoms in total. The molecule has 0 fully saturated rings. The number of hydrogen-bond acceptors (Lipinski definition) is 3. The van der Waals surface area contributed by atoms with Gasteiger partial charge in [0.2, 0.25) is 0 Å². The number of benzene rings is 1. The Morgan fingerprint density at radius 2 is 2.18 bits per heavy atom. The lowest BCUT2D eigenvalue weighted by Gasteiger charge is -2.13. The largest absolute Gasteiger partial charge is 0.228 e. The molecule has 0 amide bonds. The SMILES string of the molecule is C[C@@H](c1cccc(Br)c1)S(=O)(=O)CCCC#N. The quantitative estimate of drug-likeness (QED) is 0.784. The summed E-state index contributed by atoms with van der Waals surface area (Å²) in [6.45, 7) is 1.68. The number of hydrogen-bond donors (Lipinski definition) is 0. The standard InChI is InChI=1S/C12H14BrNO2S/c1-10(11-5-4-6-12(13)9-11)17(15,16)8-3-2-7-14/h4-6,9-10H,2-3,8H2,1H3/t10-/m0/s1. The van der Waals surface area contributed by atoms with Gasteiger partial charge in [-0.1, -0.05) is 28.1 Å². The van der Waals surface area contributed by atoms with Crippen LogP contribution in [0.25, 0.3) is 0 Å². The van der Waals surface area contributed by atoms with Gasteiger partial charge < -0.3 is 0 Å². The maximum absolute atomic E-state index is 12.0. The molecule has 0 spiro atoms. The predicted molar refractivity (Wildman–Crippen MR) is 71.2 cm³/mol. The Hall–Kier alpha value is -0.860. The van der Waals surface area contributed by atoms with Gasteiger partial charge in [0.25, 0.3) is 0 Å². The predicted octanol–water partition coefficient (Wildman–Crippen LogP) is 3.23. The van der Waals surface area contributed by atoms with E-state index >= 15 is 0 Å². The first kappa shape index (κ1) is 14.2. The summed E-state index contributed by atoms with van der Waals surface area (Å²) in [6.07, 6.45) is 0.682. The first-order chi connectivity index (χ1) is 7.97. The van der Waals surface area contributed by atoms with Crippen LogP contribution >= 0.6 is 15.9 Å². The van der Waals surface area contributed by atoms with E-state index in [0.29, 0.717) is 6.42 Å². The highest BCUT2D eigenvalue weighted by molar-refractivity contribution is 9.10. The van der Waals surface area contributed by atoms with Gasteiger partial charge in [-0.25, -0.2) is 8.42 Å². The normalized spacial score (nSPS) is 13.0. The van der Waals surface area contributed by atoms with Crippen molar-refractivity contribution in [2.45, 2.75) is 25.0 Å². The van der Waals surface area contributed by atoms with Gasteiger partial charge in [-0.05, 0) is 31.0 Å². The van der Waals surface area contributed by atoms with Gasteiger partial charge in [0.15, 0.2) is 9.84 Å². The maximum atomic E-state index is 12.0. The van der Waals surface area contributed by atoms with E-state index in [-0.39, 0.29) is 12.2 Å². The second-order valence-corrected chi connectivity index (χ2v) is 7.18. The second kappa shape index (κ2) is 6.18. The number of nitrogens with zero attached hydrogens (tertiary/aromatic N) is 1. The van der Waals surface area contributed by atoms with E-state index in [2.05, 4.69) is 15.9 Å². The van der Waals surface area contributed by atoms with Crippen LogP contribution in [-0.4, -0.2) is 14.2 Å². The van der Waals surface area contributed by atoms with Crippen molar-refractivity contribution in [3.63, 3.8) is 0 Å². The van der Waals surface area contributed by atoms with Crippen LogP contribution < -0.4 is 0 Å². The fourth-order valence-electron chi connectivity index (χ4n) is 1.50. The molecule has 0 N–H and O–H groups in total. The molecular formula is C12H14BrNO2S. The van der Waals surface area contributed by atoms with Crippen molar-refractivity contribution in [3.05, 3.63) is 34.3 Å². The molecule has 17 heavy (non-hydrogen) atoms. The van der Waals surface area contributed by atoms with Crippen LogP contribution in [0.1, 0.15) is 30.6 Å². The summed E-state index contributed by atoms with van der Waals surface area (Å²) in [4.78, 5) is 0. The maximum Gasteiger partial charge on any atom is 0.157 e. The smallest absolute Gasteiger partial charge is 0.157 e. The molecular weight excluding hydrogens is 302 g/mol. The fourth-order valence-corrected chi connectivity index (χ4v) is 3.37. The van der Waals surface area contributed by atoms with Gasteiger partial charge in [-0.3, -0.25) is 0 Å². The van der Waals surface area contributed by atoms with E-state index < -0.39 is 15.1 Å². The molecule has 0 aliphatic heterocycles. The topological polar surface area (TPSA) is 57.9 Å². The molecule has 0 heterocycles. The van der Waals surface area contributed by atoms with E-state index in [4.69, 9.17) is 5.26 Å². The Morgan fingerprint density at radius 1 is 1.47 bits per heavy atom. The lowest BCUT2D eigenvalue weighted by Crippen LogP contribution is -2.14. The molecule has 1 aromatic carbocycles. The van der Waals surface area contributed by atoms with Crippen LogP contribution in [0.2, 0.25) is 0 Å². The molecule has 1 aromatic rings. The van der Waals surface area contributed by atoms with Crippen LogP contribution in [0.15, 0.2) is 28.7 Å². The van der Waals surface area contributed by atoms with Gasteiger partial charge in [-0.2, -0.15) is 5.26 Å². The average Bonchev–Trinajstić information content (AvgIpc) is 2.28. The molecule has 0 radical (unpaired) electrons. The molecule has 0 saturated heterocycles. The average molecular weight is 316 g/mol. The van der Waals surface area contributed by atoms with Crippen LogP contribution in [-0.2, 0) is 9.84 Å². The van der Waals surface area contributed by atoms with E-state index in [1.54, 1.807) is 13.0 Å². The number of sulfone groups is 1. The van der Waals surface area contributed by atoms with Crippen molar-refractivity contribution < 1.29 is 8.42 Å². The first-order valence-electron chi connectivity index (χ1n) is 5.31. The van der Waals surface area contributed by atoms with Crippen LogP contribution in [0.5, 0.6) is 0 Å². The molecule has 92 valence electrons. The summed E-state index contributed by atoms with van der Waals surface area (Å²) in [6, 6.07) is 9.25. The van der Waals surface area contributed by atoms with Gasteiger partial charge in [0.1, 0.15) is 0 Å². The molecule has 0 bridgehead atoms. The number of halogens is 1. The highest BCUT2D eigenvalue weighted by atomic mass is 79.9. The molecule has 0 saturated carbocycles. The first-order valence-corrected chi connectivity index (χ1v) is 7.82. The van der Waals surface area contributed by atoms with Crippen molar-refractivity contribution in [3.8, 4) is 6.07 Å². The second-order valence-electron chi connectivity index (χ2n) is 3.83. The number of unbranched alkanes of at least 4 members (excludes halogenated alkanes) is 1. The molecule has 1 atom stereocenters. The van der Waals surface area contributed by atoms with E-state index in [0.717, 1.165) is 10.0 Å². The third kappa shape index (κ3) is 4.14. The Labute approximate surface area is 111 Å². The highest BCUT2D eigenvalue weighted by Gasteiger charge is 2.22.